The number of thioether (sulfide) groups is 1. The summed E-state index contributed by atoms with van der Waals surface area (Å²) in [4.78, 5) is 0. The third kappa shape index (κ3) is 4.08. The zero-order valence-corrected chi connectivity index (χ0v) is 15.7. The monoisotopic (exact) mass is 389 g/mol. The number of rotatable bonds is 7. The largest absolute Gasteiger partial charge is 0.496 e. The summed E-state index contributed by atoms with van der Waals surface area (Å²) in [6.07, 6.45) is 1.78. The van der Waals surface area contributed by atoms with Crippen LogP contribution in [0.1, 0.15) is 5.56 Å². The maximum absolute atomic E-state index is 13.0. The van der Waals surface area contributed by atoms with Gasteiger partial charge in [-0.15, -0.1) is 16.8 Å². The molecular formula is C19H17ClFN3OS. The van der Waals surface area contributed by atoms with E-state index in [2.05, 4.69) is 16.8 Å². The molecule has 0 aliphatic heterocycles. The van der Waals surface area contributed by atoms with E-state index in [4.69, 9.17) is 16.3 Å². The van der Waals surface area contributed by atoms with Crippen LogP contribution in [0.5, 0.6) is 5.75 Å². The molecule has 134 valence electrons. The van der Waals surface area contributed by atoms with Crippen molar-refractivity contribution in [3.63, 3.8) is 0 Å². The second kappa shape index (κ2) is 8.38. The molecule has 0 spiro atoms. The quantitative estimate of drug-likeness (QED) is 0.410. The average Bonchev–Trinajstić information content (AvgIpc) is 3.04. The van der Waals surface area contributed by atoms with Gasteiger partial charge in [-0.3, -0.25) is 4.57 Å². The number of benzene rings is 2. The van der Waals surface area contributed by atoms with Gasteiger partial charge in [-0.2, -0.15) is 0 Å². The number of ether oxygens (including phenoxy) is 1. The predicted octanol–water partition coefficient (Wildman–Crippen LogP) is 5.22. The Hall–Kier alpha value is -2.31. The van der Waals surface area contributed by atoms with Gasteiger partial charge in [0.15, 0.2) is 11.0 Å². The number of hydrogen-bond donors (Lipinski definition) is 0. The smallest absolute Gasteiger partial charge is 0.192 e. The Bertz CT molecular complexity index is 912. The van der Waals surface area contributed by atoms with Crippen molar-refractivity contribution in [3.8, 4) is 17.1 Å². The van der Waals surface area contributed by atoms with Crippen LogP contribution in [-0.4, -0.2) is 21.9 Å². The molecule has 0 amide bonds. The molecule has 0 bridgehead atoms. The van der Waals surface area contributed by atoms with Gasteiger partial charge in [0.25, 0.3) is 0 Å². The van der Waals surface area contributed by atoms with Crippen LogP contribution in [0.15, 0.2) is 60.3 Å². The van der Waals surface area contributed by atoms with Gasteiger partial charge >= 0.3 is 0 Å². The van der Waals surface area contributed by atoms with E-state index in [9.17, 15) is 4.39 Å². The van der Waals surface area contributed by atoms with Crippen LogP contribution < -0.4 is 4.74 Å². The molecule has 3 rings (SSSR count). The van der Waals surface area contributed by atoms with Crippen molar-refractivity contribution in [2.24, 2.45) is 0 Å². The van der Waals surface area contributed by atoms with Crippen molar-refractivity contribution in [2.45, 2.75) is 17.5 Å². The molecule has 0 aliphatic rings. The Kier molecular flexibility index (Phi) is 5.96. The highest BCUT2D eigenvalue weighted by molar-refractivity contribution is 7.98. The summed E-state index contributed by atoms with van der Waals surface area (Å²) < 4.78 is 20.4. The molecule has 1 aromatic heterocycles. The van der Waals surface area contributed by atoms with E-state index in [0.29, 0.717) is 28.9 Å². The minimum atomic E-state index is -0.246. The highest BCUT2D eigenvalue weighted by atomic mass is 35.5. The molecule has 0 radical (unpaired) electrons. The van der Waals surface area contributed by atoms with E-state index >= 15 is 0 Å². The molecule has 0 aliphatic carbocycles. The summed E-state index contributed by atoms with van der Waals surface area (Å²) in [5.41, 5.74) is 1.77. The predicted molar refractivity (Wildman–Crippen MR) is 103 cm³/mol. The summed E-state index contributed by atoms with van der Waals surface area (Å²) >= 11 is 7.67. The summed E-state index contributed by atoms with van der Waals surface area (Å²) in [7, 11) is 1.60. The van der Waals surface area contributed by atoms with Crippen LogP contribution in [-0.2, 0) is 12.3 Å². The van der Waals surface area contributed by atoms with Gasteiger partial charge in [-0.25, -0.2) is 4.39 Å². The highest BCUT2D eigenvalue weighted by Gasteiger charge is 2.17. The van der Waals surface area contributed by atoms with Crippen molar-refractivity contribution in [2.75, 3.05) is 7.11 Å². The Morgan fingerprint density at radius 2 is 2.00 bits per heavy atom. The van der Waals surface area contributed by atoms with E-state index in [-0.39, 0.29) is 5.82 Å². The van der Waals surface area contributed by atoms with Crippen LogP contribution in [0.3, 0.4) is 0 Å². The van der Waals surface area contributed by atoms with Crippen molar-refractivity contribution < 1.29 is 9.13 Å². The SMILES string of the molecule is C=CCn1c(SCc2ccc(F)cc2)nnc1-c1cc(Cl)ccc1OC. The zero-order chi connectivity index (χ0) is 18.5. The van der Waals surface area contributed by atoms with E-state index in [0.717, 1.165) is 16.3 Å². The Morgan fingerprint density at radius 1 is 1.23 bits per heavy atom. The number of aromatic nitrogens is 3. The summed E-state index contributed by atoms with van der Waals surface area (Å²) in [5, 5.41) is 9.97. The molecule has 26 heavy (non-hydrogen) atoms. The molecule has 0 N–H and O–H groups in total. The second-order valence-corrected chi connectivity index (χ2v) is 6.84. The molecule has 0 unspecified atom stereocenters. The van der Waals surface area contributed by atoms with Crippen LogP contribution in [0.25, 0.3) is 11.4 Å². The van der Waals surface area contributed by atoms with Gasteiger partial charge in [0.2, 0.25) is 0 Å². The Morgan fingerprint density at radius 3 is 2.69 bits per heavy atom. The van der Waals surface area contributed by atoms with Crippen molar-refractivity contribution in [1.29, 1.82) is 0 Å². The number of nitrogens with zero attached hydrogens (tertiary/aromatic N) is 3. The van der Waals surface area contributed by atoms with Crippen LogP contribution in [0.2, 0.25) is 5.02 Å². The van der Waals surface area contributed by atoms with Crippen molar-refractivity contribution in [3.05, 3.63) is 71.5 Å². The van der Waals surface area contributed by atoms with Gasteiger partial charge in [0, 0.05) is 17.3 Å². The number of methoxy groups -OCH3 is 1. The van der Waals surface area contributed by atoms with Crippen LogP contribution in [0, 0.1) is 5.82 Å². The lowest BCUT2D eigenvalue weighted by Crippen LogP contribution is -2.02. The molecule has 0 fully saturated rings. The zero-order valence-electron chi connectivity index (χ0n) is 14.2. The molecule has 2 aromatic carbocycles. The minimum Gasteiger partial charge on any atom is -0.496 e. The normalized spacial score (nSPS) is 10.7. The first kappa shape index (κ1) is 18.5. The maximum Gasteiger partial charge on any atom is 0.192 e. The van der Waals surface area contributed by atoms with Gasteiger partial charge < -0.3 is 4.74 Å². The van der Waals surface area contributed by atoms with E-state index < -0.39 is 0 Å². The first-order valence-corrected chi connectivity index (χ1v) is 9.24. The van der Waals surface area contributed by atoms with Crippen LogP contribution in [0.4, 0.5) is 4.39 Å². The fourth-order valence-electron chi connectivity index (χ4n) is 2.47. The van der Waals surface area contributed by atoms with Crippen molar-refractivity contribution in [1.82, 2.24) is 14.8 Å². The third-order valence-electron chi connectivity index (χ3n) is 3.71. The van der Waals surface area contributed by atoms with Gasteiger partial charge in [0.05, 0.1) is 12.7 Å². The molecule has 7 heteroatoms. The summed E-state index contributed by atoms with van der Waals surface area (Å²) in [5.74, 6) is 1.74. The lowest BCUT2D eigenvalue weighted by molar-refractivity contribution is 0.416. The molecule has 0 saturated heterocycles. The topological polar surface area (TPSA) is 39.9 Å². The van der Waals surface area contributed by atoms with E-state index in [1.165, 1.54) is 23.9 Å². The first-order chi connectivity index (χ1) is 12.6. The Balaban J connectivity index is 1.92. The molecule has 0 saturated carbocycles. The number of hydrogen-bond acceptors (Lipinski definition) is 4. The first-order valence-electron chi connectivity index (χ1n) is 7.87. The summed E-state index contributed by atoms with van der Waals surface area (Å²) in [6.45, 7) is 4.36. The maximum atomic E-state index is 13.0. The molecule has 1 heterocycles. The minimum absolute atomic E-state index is 0.246. The molecule has 3 aromatic rings. The lowest BCUT2D eigenvalue weighted by Gasteiger charge is -2.11. The fourth-order valence-corrected chi connectivity index (χ4v) is 3.55. The standard InChI is InChI=1S/C19H17ClFN3OS/c1-3-10-24-18(16-11-14(20)6-9-17(16)25-2)22-23-19(24)26-12-13-4-7-15(21)8-5-13/h3-9,11H,1,10,12H2,2H3. The Labute approximate surface area is 160 Å². The highest BCUT2D eigenvalue weighted by Crippen LogP contribution is 2.34. The lowest BCUT2D eigenvalue weighted by atomic mass is 10.2. The molecular weight excluding hydrogens is 373 g/mol. The summed E-state index contributed by atoms with van der Waals surface area (Å²) in [6, 6.07) is 11.8. The number of halogens is 2. The van der Waals surface area contributed by atoms with Gasteiger partial charge in [0.1, 0.15) is 11.6 Å². The van der Waals surface area contributed by atoms with E-state index in [1.807, 2.05) is 4.57 Å². The van der Waals surface area contributed by atoms with Crippen LogP contribution >= 0.6 is 23.4 Å². The fraction of sp³-hybridized carbons (Fsp3) is 0.158. The molecule has 4 nitrogen and oxygen atoms in total. The number of allylic oxidation sites excluding steroid dienone is 1. The van der Waals surface area contributed by atoms with Gasteiger partial charge in [-0.05, 0) is 35.9 Å². The van der Waals surface area contributed by atoms with Gasteiger partial charge in [-0.1, -0.05) is 41.6 Å². The average molecular weight is 390 g/mol. The van der Waals surface area contributed by atoms with Crippen molar-refractivity contribution >= 4 is 23.4 Å². The van der Waals surface area contributed by atoms with E-state index in [1.54, 1.807) is 43.5 Å². The third-order valence-corrected chi connectivity index (χ3v) is 4.99. The second-order valence-electron chi connectivity index (χ2n) is 5.47. The molecule has 0 atom stereocenters.